The van der Waals surface area contributed by atoms with Crippen LogP contribution in [0.3, 0.4) is 0 Å². The Kier molecular flexibility index (Phi) is 7.51. The molecule has 40 heavy (non-hydrogen) atoms. The molecule has 1 fully saturated rings. The molecule has 1 aliphatic rings. The number of ether oxygens (including phenoxy) is 1. The van der Waals surface area contributed by atoms with Gasteiger partial charge in [0.15, 0.2) is 0 Å². The molecule has 1 saturated heterocycles. The molecule has 3 heterocycles. The van der Waals surface area contributed by atoms with Gasteiger partial charge in [0.1, 0.15) is 35.5 Å². The van der Waals surface area contributed by atoms with E-state index >= 15 is 0 Å². The van der Waals surface area contributed by atoms with Gasteiger partial charge in [-0.2, -0.15) is 17.5 Å². The molecule has 1 aliphatic heterocycles. The number of halogens is 4. The lowest BCUT2D eigenvalue weighted by atomic mass is 10.2. The summed E-state index contributed by atoms with van der Waals surface area (Å²) in [4.78, 5) is 16.3. The molecule has 0 bridgehead atoms. The van der Waals surface area contributed by atoms with Gasteiger partial charge < -0.3 is 14.5 Å². The van der Waals surface area contributed by atoms with Crippen molar-refractivity contribution < 1.29 is 39.9 Å². The fourth-order valence-electron chi connectivity index (χ4n) is 4.46. The maximum absolute atomic E-state index is 13.5. The van der Waals surface area contributed by atoms with Crippen LogP contribution in [0.25, 0.3) is 11.0 Å². The summed E-state index contributed by atoms with van der Waals surface area (Å²) in [5.41, 5.74) is 0.135. The molecule has 13 heteroatoms. The fraction of sp³-hybridized carbons (Fsp3) is 0.259. The highest BCUT2D eigenvalue weighted by Crippen LogP contribution is 2.31. The highest BCUT2D eigenvalue weighted by molar-refractivity contribution is 7.89. The Hall–Kier alpha value is -3.97. The van der Waals surface area contributed by atoms with Crippen molar-refractivity contribution in [3.8, 4) is 5.75 Å². The second kappa shape index (κ2) is 10.9. The third kappa shape index (κ3) is 5.94. The van der Waals surface area contributed by atoms with Crippen molar-refractivity contribution in [2.45, 2.75) is 43.3 Å². The Balaban J connectivity index is 1.22. The highest BCUT2D eigenvalue weighted by Gasteiger charge is 2.41. The number of aromatic nitrogens is 1. The first-order valence-electron chi connectivity index (χ1n) is 12.2. The van der Waals surface area contributed by atoms with E-state index in [2.05, 4.69) is 10.3 Å². The number of benzene rings is 2. The largest absolute Gasteiger partial charge is 0.489 e. The lowest BCUT2D eigenvalue weighted by Gasteiger charge is -2.22. The van der Waals surface area contributed by atoms with E-state index in [-0.39, 0.29) is 35.9 Å². The number of nitrogens with zero attached hydrogens (tertiary/aromatic N) is 2. The minimum absolute atomic E-state index is 0.0673. The Morgan fingerprint density at radius 2 is 1.93 bits per heavy atom. The van der Waals surface area contributed by atoms with Crippen molar-refractivity contribution >= 4 is 26.9 Å². The maximum Gasteiger partial charge on any atom is 0.433 e. The fourth-order valence-corrected chi connectivity index (χ4v) is 6.07. The van der Waals surface area contributed by atoms with Crippen molar-refractivity contribution in [1.82, 2.24) is 14.6 Å². The SMILES string of the molecule is O=C(NCc1cccc(OCc2ccnc(C(F)(F)F)c2)c1)[C@@H]1CCCN1S(=O)(=O)c1cc2cc(F)ccc2o1. The van der Waals surface area contributed by atoms with Crippen LogP contribution in [0.15, 0.2) is 76.4 Å². The van der Waals surface area contributed by atoms with E-state index in [1.807, 2.05) is 0 Å². The Labute approximate surface area is 226 Å². The number of carbonyl (C=O) groups excluding carboxylic acids is 1. The quantitative estimate of drug-likeness (QED) is 0.295. The predicted octanol–water partition coefficient (Wildman–Crippen LogP) is 5.03. The minimum atomic E-state index is -4.56. The van der Waals surface area contributed by atoms with E-state index in [1.165, 1.54) is 24.3 Å². The van der Waals surface area contributed by atoms with Crippen molar-refractivity contribution in [3.05, 3.63) is 89.5 Å². The second-order valence-electron chi connectivity index (χ2n) is 9.22. The Morgan fingerprint density at radius 1 is 1.10 bits per heavy atom. The van der Waals surface area contributed by atoms with Gasteiger partial charge in [-0.1, -0.05) is 12.1 Å². The number of alkyl halides is 3. The summed E-state index contributed by atoms with van der Waals surface area (Å²) in [6.07, 6.45) is -2.71. The molecular weight excluding hydrogens is 554 g/mol. The lowest BCUT2D eigenvalue weighted by molar-refractivity contribution is -0.141. The number of nitrogens with one attached hydrogen (secondary N) is 1. The monoisotopic (exact) mass is 577 g/mol. The molecule has 0 aliphatic carbocycles. The van der Waals surface area contributed by atoms with Crippen LogP contribution >= 0.6 is 0 Å². The van der Waals surface area contributed by atoms with Crippen LogP contribution in [0.4, 0.5) is 17.6 Å². The predicted molar refractivity (Wildman–Crippen MR) is 135 cm³/mol. The summed E-state index contributed by atoms with van der Waals surface area (Å²) in [6.45, 7) is 0.0722. The summed E-state index contributed by atoms with van der Waals surface area (Å²) in [6, 6.07) is 12.9. The number of rotatable bonds is 8. The van der Waals surface area contributed by atoms with E-state index < -0.39 is 39.7 Å². The standard InChI is InChI=1S/C27H23F4N3O5S/c28-20-6-7-23-19(13-20)14-25(39-23)40(36,37)34-10-2-5-22(34)26(35)33-15-17-3-1-4-21(11-17)38-16-18-8-9-32-24(12-18)27(29,30)31/h1,3-4,6-9,11-14,22H,2,5,10,15-16H2,(H,33,35)/t22-/m0/s1. The highest BCUT2D eigenvalue weighted by atomic mass is 32.2. The van der Waals surface area contributed by atoms with E-state index in [4.69, 9.17) is 9.15 Å². The first-order valence-corrected chi connectivity index (χ1v) is 13.7. The van der Waals surface area contributed by atoms with Crippen molar-refractivity contribution in [2.75, 3.05) is 6.54 Å². The summed E-state index contributed by atoms with van der Waals surface area (Å²) in [5, 5.41) is 2.67. The zero-order chi connectivity index (χ0) is 28.5. The maximum atomic E-state index is 13.5. The van der Waals surface area contributed by atoms with Crippen molar-refractivity contribution in [1.29, 1.82) is 0 Å². The average Bonchev–Trinajstić information content (AvgIpc) is 3.59. The van der Waals surface area contributed by atoms with E-state index in [0.29, 0.717) is 29.5 Å². The molecule has 1 atom stereocenters. The van der Waals surface area contributed by atoms with Gasteiger partial charge in [0.05, 0.1) is 0 Å². The number of hydrogen-bond acceptors (Lipinski definition) is 6. The zero-order valence-electron chi connectivity index (χ0n) is 20.8. The van der Waals surface area contributed by atoms with Crippen LogP contribution in [0.1, 0.15) is 29.7 Å². The van der Waals surface area contributed by atoms with E-state index in [1.54, 1.807) is 24.3 Å². The molecule has 5 rings (SSSR count). The van der Waals surface area contributed by atoms with Gasteiger partial charge in [0.25, 0.3) is 10.0 Å². The smallest absolute Gasteiger partial charge is 0.433 e. The zero-order valence-corrected chi connectivity index (χ0v) is 21.6. The van der Waals surface area contributed by atoms with Crippen LogP contribution in [0.2, 0.25) is 0 Å². The molecule has 0 unspecified atom stereocenters. The van der Waals surface area contributed by atoms with Crippen LogP contribution in [0, 0.1) is 5.82 Å². The van der Waals surface area contributed by atoms with Crippen LogP contribution in [0.5, 0.6) is 5.75 Å². The molecule has 1 N–H and O–H groups in total. The average molecular weight is 578 g/mol. The normalized spacial score (nSPS) is 16.4. The van der Waals surface area contributed by atoms with Gasteiger partial charge in [0, 0.05) is 30.7 Å². The lowest BCUT2D eigenvalue weighted by Crippen LogP contribution is -2.45. The van der Waals surface area contributed by atoms with Crippen LogP contribution < -0.4 is 10.1 Å². The minimum Gasteiger partial charge on any atom is -0.489 e. The molecule has 2 aromatic carbocycles. The second-order valence-corrected chi connectivity index (χ2v) is 11.0. The summed E-state index contributed by atoms with van der Waals surface area (Å²) in [5.74, 6) is -0.646. The number of sulfonamides is 1. The van der Waals surface area contributed by atoms with E-state index in [0.717, 1.165) is 22.6 Å². The topological polar surface area (TPSA) is 102 Å². The Morgan fingerprint density at radius 3 is 2.73 bits per heavy atom. The molecule has 8 nitrogen and oxygen atoms in total. The van der Waals surface area contributed by atoms with Gasteiger partial charge in [-0.05, 0) is 66.4 Å². The molecule has 0 radical (unpaired) electrons. The van der Waals surface area contributed by atoms with E-state index in [9.17, 15) is 30.8 Å². The molecule has 1 amide bonds. The van der Waals surface area contributed by atoms with Crippen molar-refractivity contribution in [2.24, 2.45) is 0 Å². The third-order valence-electron chi connectivity index (χ3n) is 6.41. The first-order chi connectivity index (χ1) is 19.0. The summed E-state index contributed by atoms with van der Waals surface area (Å²) < 4.78 is 90.9. The number of hydrogen-bond donors (Lipinski definition) is 1. The molecule has 2 aromatic heterocycles. The number of pyridine rings is 1. The Bertz CT molecular complexity index is 1660. The third-order valence-corrected chi connectivity index (χ3v) is 8.17. The van der Waals surface area contributed by atoms with Crippen LogP contribution in [-0.4, -0.2) is 36.2 Å². The number of furan rings is 1. The van der Waals surface area contributed by atoms with Crippen molar-refractivity contribution in [3.63, 3.8) is 0 Å². The number of amides is 1. The van der Waals surface area contributed by atoms with Gasteiger partial charge >= 0.3 is 6.18 Å². The van der Waals surface area contributed by atoms with Crippen LogP contribution in [-0.2, 0) is 34.1 Å². The number of carbonyl (C=O) groups is 1. The molecule has 4 aromatic rings. The summed E-state index contributed by atoms with van der Waals surface area (Å²) in [7, 11) is -4.15. The number of fused-ring (bicyclic) bond motifs is 1. The molecule has 0 spiro atoms. The molecule has 0 saturated carbocycles. The van der Waals surface area contributed by atoms with Gasteiger partial charge in [-0.15, -0.1) is 0 Å². The van der Waals surface area contributed by atoms with Gasteiger partial charge in [-0.25, -0.2) is 12.8 Å². The summed E-state index contributed by atoms with van der Waals surface area (Å²) >= 11 is 0. The van der Waals surface area contributed by atoms with Gasteiger partial charge in [0.2, 0.25) is 11.0 Å². The first kappa shape index (κ1) is 27.6. The molecular formula is C27H23F4N3O5S. The molecule has 210 valence electrons. The van der Waals surface area contributed by atoms with Gasteiger partial charge in [-0.3, -0.25) is 9.78 Å².